The van der Waals surface area contributed by atoms with Crippen LogP contribution in [0.5, 0.6) is 11.5 Å². The normalized spacial score (nSPS) is 17.1. The highest BCUT2D eigenvalue weighted by atomic mass is 32.2. The molecule has 4 rings (SSSR count). The molecule has 184 valence electrons. The number of ether oxygens (including phenoxy) is 2. The molecule has 0 amide bonds. The number of likely N-dealkylation sites (tertiary alicyclic amines) is 1. The first-order valence-corrected chi connectivity index (χ1v) is 13.1. The van der Waals surface area contributed by atoms with E-state index in [2.05, 4.69) is 22.5 Å². The van der Waals surface area contributed by atoms with Crippen molar-refractivity contribution in [1.29, 1.82) is 0 Å². The second-order valence-electron chi connectivity index (χ2n) is 8.85. The summed E-state index contributed by atoms with van der Waals surface area (Å²) in [6.07, 6.45) is 3.10. The van der Waals surface area contributed by atoms with Gasteiger partial charge in [0, 0.05) is 38.3 Å². The second-order valence-corrected chi connectivity index (χ2v) is 11.0. The number of nitrogens with zero attached hydrogens (tertiary/aromatic N) is 4. The van der Waals surface area contributed by atoms with E-state index in [9.17, 15) is 8.42 Å². The van der Waals surface area contributed by atoms with Crippen LogP contribution >= 0.6 is 0 Å². The van der Waals surface area contributed by atoms with Crippen LogP contribution in [0.2, 0.25) is 0 Å². The van der Waals surface area contributed by atoms with E-state index in [1.807, 2.05) is 18.2 Å². The van der Waals surface area contributed by atoms with Crippen molar-refractivity contribution in [1.82, 2.24) is 18.8 Å². The van der Waals surface area contributed by atoms with E-state index in [0.29, 0.717) is 12.1 Å². The molecule has 8 nitrogen and oxygen atoms in total. The van der Waals surface area contributed by atoms with Gasteiger partial charge in [-0.15, -0.1) is 0 Å². The van der Waals surface area contributed by atoms with Crippen molar-refractivity contribution < 1.29 is 17.9 Å². The fourth-order valence-electron chi connectivity index (χ4n) is 4.77. The Morgan fingerprint density at radius 1 is 1.12 bits per heavy atom. The van der Waals surface area contributed by atoms with Crippen molar-refractivity contribution in [3.63, 3.8) is 0 Å². The molecular weight excluding hydrogens is 452 g/mol. The quantitative estimate of drug-likeness (QED) is 0.454. The zero-order valence-corrected chi connectivity index (χ0v) is 21.4. The number of aromatic nitrogens is 2. The summed E-state index contributed by atoms with van der Waals surface area (Å²) in [7, 11) is 2.92. The van der Waals surface area contributed by atoms with Crippen molar-refractivity contribution in [2.45, 2.75) is 50.2 Å². The highest BCUT2D eigenvalue weighted by Crippen LogP contribution is 2.39. The zero-order chi connectivity index (χ0) is 24.5. The molecule has 0 spiro atoms. The van der Waals surface area contributed by atoms with Crippen molar-refractivity contribution in [2.24, 2.45) is 0 Å². The Hall–Kier alpha value is -2.62. The lowest BCUT2D eigenvalue weighted by molar-refractivity contribution is 0.234. The van der Waals surface area contributed by atoms with Gasteiger partial charge in [0.25, 0.3) is 0 Å². The summed E-state index contributed by atoms with van der Waals surface area (Å²) in [6.45, 7) is 4.62. The Morgan fingerprint density at radius 2 is 1.91 bits per heavy atom. The van der Waals surface area contributed by atoms with Gasteiger partial charge in [0.2, 0.25) is 10.0 Å². The molecular formula is C25H34N4O4S. The number of hydrogen-bond acceptors (Lipinski definition) is 6. The second kappa shape index (κ2) is 9.93. The molecule has 2 heterocycles. The molecule has 1 aliphatic heterocycles. The number of fused-ring (bicyclic) bond motifs is 1. The fourth-order valence-corrected chi connectivity index (χ4v) is 5.69. The Kier molecular flexibility index (Phi) is 7.16. The van der Waals surface area contributed by atoms with Gasteiger partial charge in [0.1, 0.15) is 17.3 Å². The van der Waals surface area contributed by atoms with Crippen LogP contribution in [0, 0.1) is 0 Å². The Morgan fingerprint density at radius 3 is 2.59 bits per heavy atom. The lowest BCUT2D eigenvalue weighted by Gasteiger charge is -2.26. The topological polar surface area (TPSA) is 76.9 Å². The van der Waals surface area contributed by atoms with Gasteiger partial charge in [-0.3, -0.25) is 4.90 Å². The van der Waals surface area contributed by atoms with Gasteiger partial charge in [-0.25, -0.2) is 17.7 Å². The first kappa shape index (κ1) is 24.5. The third-order valence-corrected chi connectivity index (χ3v) is 8.34. The number of imidazole rings is 1. The third-order valence-electron chi connectivity index (χ3n) is 6.53. The number of benzene rings is 2. The van der Waals surface area contributed by atoms with Crippen LogP contribution < -0.4 is 9.47 Å². The molecule has 0 aliphatic carbocycles. The lowest BCUT2D eigenvalue weighted by Crippen LogP contribution is -2.25. The maximum Gasteiger partial charge on any atom is 0.242 e. The molecule has 1 aromatic heterocycles. The van der Waals surface area contributed by atoms with Crippen LogP contribution in [-0.4, -0.2) is 62.0 Å². The largest absolute Gasteiger partial charge is 0.497 e. The molecule has 3 aromatic rings. The minimum Gasteiger partial charge on any atom is -0.497 e. The summed E-state index contributed by atoms with van der Waals surface area (Å²) in [5.74, 6) is 2.56. The number of aryl methyl sites for hydroxylation is 1. The number of sulfonamides is 1. The van der Waals surface area contributed by atoms with Crippen LogP contribution in [0.4, 0.5) is 0 Å². The average molecular weight is 487 g/mol. The van der Waals surface area contributed by atoms with E-state index >= 15 is 0 Å². The first-order chi connectivity index (χ1) is 16.3. The van der Waals surface area contributed by atoms with Crippen LogP contribution in [0.1, 0.15) is 43.6 Å². The molecule has 0 bridgehead atoms. The average Bonchev–Trinajstić information content (AvgIpc) is 3.43. The van der Waals surface area contributed by atoms with Crippen LogP contribution in [0.3, 0.4) is 0 Å². The summed E-state index contributed by atoms with van der Waals surface area (Å²) < 4.78 is 39.8. The standard InChI is InChI=1S/C25H34N4O4S/c1-6-13-29-23-12-10-19(34(30,31)27(2)3)16-21(23)26-25(29)17-28-14-7-8-22(28)20-11-9-18(32-4)15-24(20)33-5/h9-12,15-16,22H,6-8,13-14,17H2,1-5H3/t22-/m1/s1. The maximum atomic E-state index is 12.6. The summed E-state index contributed by atoms with van der Waals surface area (Å²) >= 11 is 0. The Labute approximate surface area is 202 Å². The molecule has 1 atom stereocenters. The van der Waals surface area contributed by atoms with Gasteiger partial charge in [-0.1, -0.05) is 13.0 Å². The first-order valence-electron chi connectivity index (χ1n) is 11.7. The summed E-state index contributed by atoms with van der Waals surface area (Å²) in [6, 6.07) is 11.5. The van der Waals surface area contributed by atoms with E-state index in [4.69, 9.17) is 14.5 Å². The molecule has 2 aromatic carbocycles. The van der Waals surface area contributed by atoms with Crippen molar-refractivity contribution in [3.05, 3.63) is 47.8 Å². The highest BCUT2D eigenvalue weighted by molar-refractivity contribution is 7.89. The smallest absolute Gasteiger partial charge is 0.242 e. The van der Waals surface area contributed by atoms with Gasteiger partial charge in [0.05, 0.1) is 36.7 Å². The predicted octanol–water partition coefficient (Wildman–Crippen LogP) is 4.05. The van der Waals surface area contributed by atoms with E-state index in [1.165, 1.54) is 4.31 Å². The molecule has 0 radical (unpaired) electrons. The van der Waals surface area contributed by atoms with E-state index in [0.717, 1.165) is 60.8 Å². The zero-order valence-electron chi connectivity index (χ0n) is 20.6. The maximum absolute atomic E-state index is 12.6. The summed E-state index contributed by atoms with van der Waals surface area (Å²) in [4.78, 5) is 7.62. The molecule has 34 heavy (non-hydrogen) atoms. The minimum absolute atomic E-state index is 0.223. The molecule has 1 fully saturated rings. The van der Waals surface area contributed by atoms with Crippen molar-refractivity contribution >= 4 is 21.1 Å². The van der Waals surface area contributed by atoms with Gasteiger partial charge >= 0.3 is 0 Å². The van der Waals surface area contributed by atoms with E-state index in [-0.39, 0.29) is 10.9 Å². The number of methoxy groups -OCH3 is 2. The van der Waals surface area contributed by atoms with E-state index < -0.39 is 10.0 Å². The van der Waals surface area contributed by atoms with Crippen LogP contribution in [0.15, 0.2) is 41.3 Å². The van der Waals surface area contributed by atoms with Crippen molar-refractivity contribution in [2.75, 3.05) is 34.9 Å². The molecule has 1 saturated heterocycles. The monoisotopic (exact) mass is 486 g/mol. The molecule has 1 aliphatic rings. The van der Waals surface area contributed by atoms with Crippen LogP contribution in [-0.2, 0) is 23.1 Å². The fraction of sp³-hybridized carbons (Fsp3) is 0.480. The molecule has 9 heteroatoms. The molecule has 0 saturated carbocycles. The van der Waals surface area contributed by atoms with Gasteiger partial charge in [-0.2, -0.15) is 0 Å². The van der Waals surface area contributed by atoms with Gasteiger partial charge in [-0.05, 0) is 50.1 Å². The van der Waals surface area contributed by atoms with Crippen LogP contribution in [0.25, 0.3) is 11.0 Å². The minimum atomic E-state index is -3.52. The summed E-state index contributed by atoms with van der Waals surface area (Å²) in [5.41, 5.74) is 2.83. The van der Waals surface area contributed by atoms with Crippen molar-refractivity contribution in [3.8, 4) is 11.5 Å². The summed E-state index contributed by atoms with van der Waals surface area (Å²) in [5, 5.41) is 0. The lowest BCUT2D eigenvalue weighted by atomic mass is 10.0. The number of hydrogen-bond donors (Lipinski definition) is 0. The third kappa shape index (κ3) is 4.52. The molecule has 0 unspecified atom stereocenters. The highest BCUT2D eigenvalue weighted by Gasteiger charge is 2.30. The predicted molar refractivity (Wildman–Crippen MR) is 133 cm³/mol. The Bertz CT molecular complexity index is 1270. The molecule has 0 N–H and O–H groups in total. The number of rotatable bonds is 9. The van der Waals surface area contributed by atoms with E-state index in [1.54, 1.807) is 40.4 Å². The Balaban J connectivity index is 1.70. The van der Waals surface area contributed by atoms with Gasteiger partial charge < -0.3 is 14.0 Å². The SMILES string of the molecule is CCCn1c(CN2CCC[C@@H]2c2ccc(OC)cc2OC)nc2cc(S(=O)(=O)N(C)C)ccc21. The van der Waals surface area contributed by atoms with Gasteiger partial charge in [0.15, 0.2) is 0 Å².